The standard InChI is InChI=1S/C18H17NO2S2/c1-12(17(20)13-7-9-15(21-2)10-8-13)23-18-19-16-6-4-3-5-14(16)11-22-18/h3-10,12H,11H2,1-2H3/t12-/m0/s1. The lowest BCUT2D eigenvalue weighted by Gasteiger charge is -2.17. The number of aliphatic imine (C=N–C) groups is 1. The van der Waals surface area contributed by atoms with E-state index in [2.05, 4.69) is 11.1 Å². The number of carbonyl (C=O) groups excluding carboxylic acids is 1. The topological polar surface area (TPSA) is 38.7 Å². The van der Waals surface area contributed by atoms with Gasteiger partial charge in [-0.05, 0) is 42.8 Å². The fraction of sp³-hybridized carbons (Fsp3) is 0.222. The fourth-order valence-corrected chi connectivity index (χ4v) is 4.53. The molecule has 1 aliphatic rings. The normalized spacial score (nSPS) is 14.6. The highest BCUT2D eigenvalue weighted by molar-refractivity contribution is 8.39. The summed E-state index contributed by atoms with van der Waals surface area (Å²) in [5.74, 6) is 1.77. The van der Waals surface area contributed by atoms with Crippen LogP contribution in [-0.4, -0.2) is 22.5 Å². The van der Waals surface area contributed by atoms with Gasteiger partial charge in [-0.2, -0.15) is 0 Å². The molecule has 0 unspecified atom stereocenters. The molecule has 0 fully saturated rings. The Morgan fingerprint density at radius 1 is 1.22 bits per heavy atom. The zero-order valence-corrected chi connectivity index (χ0v) is 14.6. The van der Waals surface area contributed by atoms with Crippen LogP contribution in [0, 0.1) is 0 Å². The molecule has 0 amide bonds. The van der Waals surface area contributed by atoms with E-state index in [4.69, 9.17) is 4.74 Å². The van der Waals surface area contributed by atoms with Gasteiger partial charge >= 0.3 is 0 Å². The number of nitrogens with zero attached hydrogens (tertiary/aromatic N) is 1. The molecule has 0 bridgehead atoms. The van der Waals surface area contributed by atoms with Gasteiger partial charge in [0, 0.05) is 11.3 Å². The maximum absolute atomic E-state index is 12.5. The third kappa shape index (κ3) is 3.79. The van der Waals surface area contributed by atoms with E-state index in [1.807, 2.05) is 49.4 Å². The minimum atomic E-state index is -0.167. The monoisotopic (exact) mass is 343 g/mol. The van der Waals surface area contributed by atoms with Gasteiger partial charge in [0.15, 0.2) is 5.78 Å². The van der Waals surface area contributed by atoms with Crippen molar-refractivity contribution >= 4 is 39.4 Å². The molecule has 0 radical (unpaired) electrons. The summed E-state index contributed by atoms with van der Waals surface area (Å²) >= 11 is 3.22. The first-order valence-electron chi connectivity index (χ1n) is 7.31. The van der Waals surface area contributed by atoms with Crippen LogP contribution < -0.4 is 4.74 Å². The van der Waals surface area contributed by atoms with Crippen LogP contribution in [0.1, 0.15) is 22.8 Å². The minimum absolute atomic E-state index is 0.111. The molecule has 23 heavy (non-hydrogen) atoms. The largest absolute Gasteiger partial charge is 0.497 e. The molecule has 0 saturated heterocycles. The average Bonchev–Trinajstić information content (AvgIpc) is 2.61. The van der Waals surface area contributed by atoms with Crippen LogP contribution in [0.15, 0.2) is 53.5 Å². The van der Waals surface area contributed by atoms with Crippen LogP contribution in [0.2, 0.25) is 0 Å². The number of methoxy groups -OCH3 is 1. The van der Waals surface area contributed by atoms with Gasteiger partial charge in [0.1, 0.15) is 10.1 Å². The molecule has 3 rings (SSSR count). The summed E-state index contributed by atoms with van der Waals surface area (Å²) in [4.78, 5) is 17.2. The Morgan fingerprint density at radius 2 is 1.96 bits per heavy atom. The molecule has 1 aliphatic heterocycles. The van der Waals surface area contributed by atoms with Crippen molar-refractivity contribution in [1.29, 1.82) is 0 Å². The van der Waals surface area contributed by atoms with E-state index in [0.29, 0.717) is 5.56 Å². The van der Waals surface area contributed by atoms with Crippen LogP contribution in [0.25, 0.3) is 0 Å². The average molecular weight is 343 g/mol. The van der Waals surface area contributed by atoms with E-state index in [-0.39, 0.29) is 11.0 Å². The summed E-state index contributed by atoms with van der Waals surface area (Å²) in [6.45, 7) is 1.93. The molecular weight excluding hydrogens is 326 g/mol. The summed E-state index contributed by atoms with van der Waals surface area (Å²) in [5, 5.41) is -0.167. The highest BCUT2D eigenvalue weighted by Gasteiger charge is 2.21. The predicted molar refractivity (Wildman–Crippen MR) is 99.2 cm³/mol. The van der Waals surface area contributed by atoms with Crippen molar-refractivity contribution in [2.24, 2.45) is 4.99 Å². The first kappa shape index (κ1) is 16.1. The van der Waals surface area contributed by atoms with Gasteiger partial charge in [0.25, 0.3) is 0 Å². The molecule has 5 heteroatoms. The van der Waals surface area contributed by atoms with Crippen molar-refractivity contribution in [3.05, 3.63) is 59.7 Å². The maximum atomic E-state index is 12.5. The Kier molecular flexibility index (Phi) is 5.08. The van der Waals surface area contributed by atoms with Crippen molar-refractivity contribution in [3.8, 4) is 5.75 Å². The zero-order chi connectivity index (χ0) is 16.2. The minimum Gasteiger partial charge on any atom is -0.497 e. The number of ketones is 1. The second-order valence-electron chi connectivity index (χ2n) is 5.15. The molecule has 2 aromatic carbocycles. The number of Topliss-reactive ketones (excluding diaryl/α,β-unsaturated/α-hetero) is 1. The Hall–Kier alpha value is -1.72. The molecule has 118 valence electrons. The van der Waals surface area contributed by atoms with Gasteiger partial charge in [-0.25, -0.2) is 4.99 Å². The second-order valence-corrected chi connectivity index (χ2v) is 7.70. The lowest BCUT2D eigenvalue weighted by atomic mass is 10.1. The quantitative estimate of drug-likeness (QED) is 0.738. The first-order valence-corrected chi connectivity index (χ1v) is 9.18. The van der Waals surface area contributed by atoms with E-state index in [1.54, 1.807) is 18.9 Å². The second kappa shape index (κ2) is 7.23. The molecule has 0 aliphatic carbocycles. The molecule has 1 heterocycles. The maximum Gasteiger partial charge on any atom is 0.175 e. The molecular formula is C18H17NO2S2. The third-order valence-electron chi connectivity index (χ3n) is 3.58. The molecule has 2 aromatic rings. The van der Waals surface area contributed by atoms with Crippen LogP contribution >= 0.6 is 23.5 Å². The summed E-state index contributed by atoms with van der Waals surface area (Å²) in [6, 6.07) is 15.4. The van der Waals surface area contributed by atoms with Crippen LogP contribution in [0.5, 0.6) is 5.75 Å². The molecule has 1 atom stereocenters. The smallest absolute Gasteiger partial charge is 0.175 e. The predicted octanol–water partition coefficient (Wildman–Crippen LogP) is 4.93. The number of thioether (sulfide) groups is 2. The Bertz CT molecular complexity index is 741. The first-order chi connectivity index (χ1) is 11.2. The Labute approximate surface area is 144 Å². The summed E-state index contributed by atoms with van der Waals surface area (Å²) in [6.07, 6.45) is 0. The molecule has 0 saturated carbocycles. The van der Waals surface area contributed by atoms with Gasteiger partial charge in [0.2, 0.25) is 0 Å². The molecule has 0 spiro atoms. The molecule has 3 nitrogen and oxygen atoms in total. The van der Waals surface area contributed by atoms with Gasteiger partial charge in [-0.1, -0.05) is 41.7 Å². The number of hydrogen-bond acceptors (Lipinski definition) is 5. The van der Waals surface area contributed by atoms with Crippen LogP contribution in [0.3, 0.4) is 0 Å². The number of fused-ring (bicyclic) bond motifs is 1. The number of carbonyl (C=O) groups is 1. The van der Waals surface area contributed by atoms with Crippen molar-refractivity contribution in [2.45, 2.75) is 17.9 Å². The van der Waals surface area contributed by atoms with Crippen LogP contribution in [0.4, 0.5) is 5.69 Å². The van der Waals surface area contributed by atoms with Crippen molar-refractivity contribution in [3.63, 3.8) is 0 Å². The van der Waals surface area contributed by atoms with E-state index < -0.39 is 0 Å². The molecule has 0 aromatic heterocycles. The van der Waals surface area contributed by atoms with Gasteiger partial charge < -0.3 is 4.74 Å². The van der Waals surface area contributed by atoms with E-state index in [1.165, 1.54) is 17.3 Å². The highest BCUT2D eigenvalue weighted by Crippen LogP contribution is 2.36. The van der Waals surface area contributed by atoms with Crippen molar-refractivity contribution in [1.82, 2.24) is 0 Å². The summed E-state index contributed by atoms with van der Waals surface area (Å²) in [5.41, 5.74) is 2.96. The van der Waals surface area contributed by atoms with E-state index in [9.17, 15) is 4.79 Å². The zero-order valence-electron chi connectivity index (χ0n) is 13.0. The summed E-state index contributed by atoms with van der Waals surface area (Å²) in [7, 11) is 1.62. The number of para-hydroxylation sites is 1. The lowest BCUT2D eigenvalue weighted by molar-refractivity contribution is 0.0994. The Morgan fingerprint density at radius 3 is 2.70 bits per heavy atom. The lowest BCUT2D eigenvalue weighted by Crippen LogP contribution is -2.15. The number of hydrogen-bond donors (Lipinski definition) is 0. The van der Waals surface area contributed by atoms with Gasteiger partial charge in [-0.3, -0.25) is 4.79 Å². The van der Waals surface area contributed by atoms with Crippen molar-refractivity contribution < 1.29 is 9.53 Å². The Balaban J connectivity index is 1.70. The highest BCUT2D eigenvalue weighted by atomic mass is 32.2. The number of benzene rings is 2. The summed E-state index contributed by atoms with van der Waals surface area (Å²) < 4.78 is 6.08. The van der Waals surface area contributed by atoms with Gasteiger partial charge in [-0.15, -0.1) is 0 Å². The fourth-order valence-electron chi connectivity index (χ4n) is 2.27. The number of rotatable bonds is 4. The van der Waals surface area contributed by atoms with Crippen molar-refractivity contribution in [2.75, 3.05) is 7.11 Å². The van der Waals surface area contributed by atoms with E-state index >= 15 is 0 Å². The van der Waals surface area contributed by atoms with E-state index in [0.717, 1.165) is 21.6 Å². The van der Waals surface area contributed by atoms with Gasteiger partial charge in [0.05, 0.1) is 18.0 Å². The SMILES string of the molecule is COc1ccc(C(=O)[C@H](C)SC2=Nc3ccccc3CS2)cc1. The third-order valence-corrected chi connectivity index (χ3v) is 5.87. The molecule has 0 N–H and O–H groups in total. The number of ether oxygens (including phenoxy) is 1. The van der Waals surface area contributed by atoms with Crippen LogP contribution in [-0.2, 0) is 5.75 Å².